The number of nitrogens with zero attached hydrogens (tertiary/aromatic N) is 1. The summed E-state index contributed by atoms with van der Waals surface area (Å²) in [5.41, 5.74) is 2.10. The fourth-order valence-corrected chi connectivity index (χ4v) is 3.02. The van der Waals surface area contributed by atoms with Crippen LogP contribution in [0.2, 0.25) is 0 Å². The van der Waals surface area contributed by atoms with Gasteiger partial charge in [-0.1, -0.05) is 25.1 Å². The second-order valence-electron chi connectivity index (χ2n) is 5.96. The van der Waals surface area contributed by atoms with E-state index in [1.165, 1.54) is 13.2 Å². The second-order valence-corrected chi connectivity index (χ2v) is 5.96. The average Bonchev–Trinajstić information content (AvgIpc) is 2.61. The van der Waals surface area contributed by atoms with Gasteiger partial charge in [0.2, 0.25) is 0 Å². The van der Waals surface area contributed by atoms with Gasteiger partial charge in [0.25, 0.3) is 5.91 Å². The summed E-state index contributed by atoms with van der Waals surface area (Å²) in [6.07, 6.45) is 0.396. The van der Waals surface area contributed by atoms with Crippen LogP contribution in [0.4, 0.5) is 10.1 Å². The minimum Gasteiger partial charge on any atom is -0.494 e. The number of carbonyl (C=O) groups excluding carboxylic acids is 1. The van der Waals surface area contributed by atoms with E-state index in [2.05, 4.69) is 5.32 Å². The minimum absolute atomic E-state index is 0.0218. The summed E-state index contributed by atoms with van der Waals surface area (Å²) in [4.78, 5) is 14.8. The van der Waals surface area contributed by atoms with Gasteiger partial charge in [0.1, 0.15) is 6.17 Å². The number of amides is 1. The van der Waals surface area contributed by atoms with Crippen molar-refractivity contribution in [2.24, 2.45) is 0 Å². The van der Waals surface area contributed by atoms with Crippen molar-refractivity contribution in [1.29, 1.82) is 0 Å². The number of anilines is 1. The number of ether oxygens (including phenoxy) is 1. The SMILES string of the molecule is CC[C@H](C)N1C(=O)c2ccccc2N[C@@H]1c1ccc(OC)c(F)c1. The molecule has 0 aromatic heterocycles. The lowest BCUT2D eigenvalue weighted by atomic mass is 10.0. The fourth-order valence-electron chi connectivity index (χ4n) is 3.02. The van der Waals surface area contributed by atoms with Crippen molar-refractivity contribution < 1.29 is 13.9 Å². The molecule has 126 valence electrons. The molecule has 3 rings (SSSR count). The van der Waals surface area contributed by atoms with Crippen LogP contribution in [0.1, 0.15) is 42.4 Å². The predicted octanol–water partition coefficient (Wildman–Crippen LogP) is 4.20. The Kier molecular flexibility index (Phi) is 4.42. The zero-order valence-corrected chi connectivity index (χ0v) is 14.0. The van der Waals surface area contributed by atoms with E-state index >= 15 is 0 Å². The zero-order valence-electron chi connectivity index (χ0n) is 14.0. The summed E-state index contributed by atoms with van der Waals surface area (Å²) in [5, 5.41) is 3.37. The van der Waals surface area contributed by atoms with Gasteiger partial charge in [-0.25, -0.2) is 4.39 Å². The number of hydrogen-bond acceptors (Lipinski definition) is 3. The summed E-state index contributed by atoms with van der Waals surface area (Å²) in [7, 11) is 1.43. The molecule has 0 bridgehead atoms. The van der Waals surface area contributed by atoms with Crippen molar-refractivity contribution >= 4 is 11.6 Å². The highest BCUT2D eigenvalue weighted by molar-refractivity contribution is 6.01. The third-order valence-electron chi connectivity index (χ3n) is 4.52. The molecular weight excluding hydrogens is 307 g/mol. The molecule has 4 nitrogen and oxygen atoms in total. The van der Waals surface area contributed by atoms with Gasteiger partial charge in [-0.3, -0.25) is 4.79 Å². The number of methoxy groups -OCH3 is 1. The zero-order chi connectivity index (χ0) is 17.3. The Morgan fingerprint density at radius 3 is 2.71 bits per heavy atom. The van der Waals surface area contributed by atoms with Crippen LogP contribution in [-0.4, -0.2) is 24.0 Å². The fraction of sp³-hybridized carbons (Fsp3) is 0.316. The van der Waals surface area contributed by atoms with Gasteiger partial charge in [-0.2, -0.15) is 0 Å². The van der Waals surface area contributed by atoms with Crippen molar-refractivity contribution in [3.8, 4) is 5.75 Å². The maximum atomic E-state index is 14.2. The molecule has 24 heavy (non-hydrogen) atoms. The maximum absolute atomic E-state index is 14.2. The first-order valence-electron chi connectivity index (χ1n) is 8.08. The van der Waals surface area contributed by atoms with Crippen LogP contribution in [0.5, 0.6) is 5.75 Å². The monoisotopic (exact) mass is 328 g/mol. The third-order valence-corrected chi connectivity index (χ3v) is 4.52. The molecule has 2 aromatic rings. The van der Waals surface area contributed by atoms with E-state index in [0.717, 1.165) is 12.1 Å². The predicted molar refractivity (Wildman–Crippen MR) is 91.7 cm³/mol. The first-order chi connectivity index (χ1) is 11.6. The van der Waals surface area contributed by atoms with E-state index in [0.29, 0.717) is 11.1 Å². The lowest BCUT2D eigenvalue weighted by molar-refractivity contribution is 0.0593. The number of fused-ring (bicyclic) bond motifs is 1. The van der Waals surface area contributed by atoms with Crippen molar-refractivity contribution in [2.45, 2.75) is 32.5 Å². The van der Waals surface area contributed by atoms with Gasteiger partial charge in [0.15, 0.2) is 11.6 Å². The molecule has 1 aliphatic rings. The molecule has 1 heterocycles. The normalized spacial score (nSPS) is 17.9. The average molecular weight is 328 g/mol. The van der Waals surface area contributed by atoms with Gasteiger partial charge in [-0.15, -0.1) is 0 Å². The van der Waals surface area contributed by atoms with E-state index < -0.39 is 12.0 Å². The molecule has 2 atom stereocenters. The second kappa shape index (κ2) is 6.51. The van der Waals surface area contributed by atoms with Crippen LogP contribution < -0.4 is 10.1 Å². The highest BCUT2D eigenvalue weighted by Gasteiger charge is 2.35. The van der Waals surface area contributed by atoms with Gasteiger partial charge >= 0.3 is 0 Å². The Balaban J connectivity index is 2.07. The molecule has 0 spiro atoms. The number of para-hydroxylation sites is 1. The van der Waals surface area contributed by atoms with E-state index in [1.54, 1.807) is 17.0 Å². The van der Waals surface area contributed by atoms with Crippen LogP contribution in [0.3, 0.4) is 0 Å². The number of benzene rings is 2. The molecule has 0 saturated carbocycles. The summed E-state index contributed by atoms with van der Waals surface area (Å²) in [5.74, 6) is -0.288. The van der Waals surface area contributed by atoms with Gasteiger partial charge in [-0.05, 0) is 43.2 Å². The minimum atomic E-state index is -0.438. The Morgan fingerprint density at radius 1 is 1.29 bits per heavy atom. The van der Waals surface area contributed by atoms with Crippen LogP contribution >= 0.6 is 0 Å². The molecule has 2 aromatic carbocycles. The number of nitrogens with one attached hydrogen (secondary N) is 1. The summed E-state index contributed by atoms with van der Waals surface area (Å²) in [6, 6.07) is 12.2. The Labute approximate surface area is 141 Å². The third kappa shape index (κ3) is 2.70. The lowest BCUT2D eigenvalue weighted by Crippen LogP contribution is -2.47. The molecule has 0 aliphatic carbocycles. The van der Waals surface area contributed by atoms with Gasteiger partial charge in [0, 0.05) is 11.7 Å². The quantitative estimate of drug-likeness (QED) is 0.914. The van der Waals surface area contributed by atoms with Crippen LogP contribution in [0.15, 0.2) is 42.5 Å². The Morgan fingerprint density at radius 2 is 2.04 bits per heavy atom. The van der Waals surface area contributed by atoms with Crippen molar-refractivity contribution in [3.05, 3.63) is 59.4 Å². The van der Waals surface area contributed by atoms with Gasteiger partial charge in [0.05, 0.1) is 12.7 Å². The topological polar surface area (TPSA) is 41.6 Å². The maximum Gasteiger partial charge on any atom is 0.258 e. The number of rotatable bonds is 4. The molecular formula is C19H21FN2O2. The molecule has 1 amide bonds. The first-order valence-corrected chi connectivity index (χ1v) is 8.08. The van der Waals surface area contributed by atoms with E-state index in [1.807, 2.05) is 38.1 Å². The van der Waals surface area contributed by atoms with Crippen molar-refractivity contribution in [1.82, 2.24) is 4.90 Å². The van der Waals surface area contributed by atoms with E-state index in [-0.39, 0.29) is 17.7 Å². The lowest BCUT2D eigenvalue weighted by Gasteiger charge is -2.41. The smallest absolute Gasteiger partial charge is 0.258 e. The summed E-state index contributed by atoms with van der Waals surface area (Å²) in [6.45, 7) is 4.03. The summed E-state index contributed by atoms with van der Waals surface area (Å²) >= 11 is 0. The molecule has 1 aliphatic heterocycles. The van der Waals surface area contributed by atoms with E-state index in [9.17, 15) is 9.18 Å². The summed E-state index contributed by atoms with van der Waals surface area (Å²) < 4.78 is 19.1. The molecule has 0 saturated heterocycles. The highest BCUT2D eigenvalue weighted by atomic mass is 19.1. The van der Waals surface area contributed by atoms with Crippen molar-refractivity contribution in [3.63, 3.8) is 0 Å². The van der Waals surface area contributed by atoms with Crippen molar-refractivity contribution in [2.75, 3.05) is 12.4 Å². The van der Waals surface area contributed by atoms with Crippen LogP contribution in [-0.2, 0) is 0 Å². The molecule has 5 heteroatoms. The highest BCUT2D eigenvalue weighted by Crippen LogP contribution is 2.36. The van der Waals surface area contributed by atoms with Crippen LogP contribution in [0.25, 0.3) is 0 Å². The largest absolute Gasteiger partial charge is 0.494 e. The molecule has 1 N–H and O–H groups in total. The number of hydrogen-bond donors (Lipinski definition) is 1. The van der Waals surface area contributed by atoms with E-state index in [4.69, 9.17) is 4.74 Å². The number of carbonyl (C=O) groups is 1. The van der Waals surface area contributed by atoms with Gasteiger partial charge < -0.3 is 15.0 Å². The Bertz CT molecular complexity index is 763. The molecule has 0 fully saturated rings. The molecule has 0 radical (unpaired) electrons. The number of halogens is 1. The first kappa shape index (κ1) is 16.3. The molecule has 0 unspecified atom stereocenters. The Hall–Kier alpha value is -2.56. The van der Waals surface area contributed by atoms with Crippen LogP contribution in [0, 0.1) is 5.82 Å². The standard InChI is InChI=1S/C19H21FN2O2/c1-4-12(2)22-18(13-9-10-17(24-3)15(20)11-13)21-16-8-6-5-7-14(16)19(22)23/h5-12,18,21H,4H2,1-3H3/t12-,18-/m0/s1.